The number of pyridine rings is 1. The first-order valence-electron chi connectivity index (χ1n) is 5.35. The van der Waals surface area contributed by atoms with Gasteiger partial charge in [0.2, 0.25) is 0 Å². The maximum Gasteiger partial charge on any atom is 0.255 e. The zero-order valence-corrected chi connectivity index (χ0v) is 9.84. The first-order valence-corrected chi connectivity index (χ1v) is 5.35. The average Bonchev–Trinajstić information content (AvgIpc) is 2.69. The van der Waals surface area contributed by atoms with E-state index in [0.717, 1.165) is 11.4 Å². The van der Waals surface area contributed by atoms with Crippen LogP contribution in [0.25, 0.3) is 0 Å². The molecule has 0 spiro atoms. The Bertz CT molecular complexity index is 519. The topological polar surface area (TPSA) is 59.8 Å². The predicted octanol–water partition coefficient (Wildman–Crippen LogP) is 1.05. The number of hydrogen-bond donors (Lipinski definition) is 1. The van der Waals surface area contributed by atoms with Crippen molar-refractivity contribution in [3.8, 4) is 0 Å². The number of rotatable bonds is 3. The fraction of sp³-hybridized carbons (Fsp3) is 0.250. The Kier molecular flexibility index (Phi) is 3.18. The van der Waals surface area contributed by atoms with Crippen LogP contribution in [0.15, 0.2) is 30.6 Å². The lowest BCUT2D eigenvalue weighted by Gasteiger charge is -2.04. The van der Waals surface area contributed by atoms with E-state index in [9.17, 15) is 4.79 Å². The highest BCUT2D eigenvalue weighted by molar-refractivity contribution is 5.94. The zero-order chi connectivity index (χ0) is 12.3. The molecule has 1 N–H and O–H groups in total. The summed E-state index contributed by atoms with van der Waals surface area (Å²) >= 11 is 0. The molecule has 0 aliphatic carbocycles. The average molecular weight is 230 g/mol. The van der Waals surface area contributed by atoms with Crippen molar-refractivity contribution in [2.45, 2.75) is 13.5 Å². The van der Waals surface area contributed by atoms with Gasteiger partial charge in [0.15, 0.2) is 0 Å². The molecule has 5 heteroatoms. The third kappa shape index (κ3) is 2.50. The van der Waals surface area contributed by atoms with E-state index >= 15 is 0 Å². The van der Waals surface area contributed by atoms with Crippen molar-refractivity contribution in [1.82, 2.24) is 20.1 Å². The summed E-state index contributed by atoms with van der Waals surface area (Å²) in [4.78, 5) is 16.0. The molecular formula is C12H14N4O. The molecule has 2 rings (SSSR count). The molecule has 0 fully saturated rings. The van der Waals surface area contributed by atoms with Crippen molar-refractivity contribution in [2.75, 3.05) is 0 Å². The fourth-order valence-electron chi connectivity index (χ4n) is 1.49. The van der Waals surface area contributed by atoms with Gasteiger partial charge in [0.05, 0.1) is 24.0 Å². The smallest absolute Gasteiger partial charge is 0.255 e. The van der Waals surface area contributed by atoms with Crippen LogP contribution in [0.3, 0.4) is 0 Å². The molecule has 0 aliphatic heterocycles. The highest BCUT2D eigenvalue weighted by Gasteiger charge is 2.12. The number of nitrogens with one attached hydrogen (secondary N) is 1. The third-order valence-corrected chi connectivity index (χ3v) is 2.64. The van der Waals surface area contributed by atoms with Crippen LogP contribution in [0.5, 0.6) is 0 Å². The van der Waals surface area contributed by atoms with E-state index in [0.29, 0.717) is 12.1 Å². The Labute approximate surface area is 99.5 Å². The minimum Gasteiger partial charge on any atom is -0.346 e. The van der Waals surface area contributed by atoms with Crippen LogP contribution in [0, 0.1) is 6.92 Å². The Morgan fingerprint density at radius 1 is 1.47 bits per heavy atom. The maximum absolute atomic E-state index is 11.9. The number of amides is 1. The number of nitrogens with zero attached hydrogens (tertiary/aromatic N) is 3. The lowest BCUT2D eigenvalue weighted by Crippen LogP contribution is -2.23. The first kappa shape index (κ1) is 11.3. The monoisotopic (exact) mass is 230 g/mol. The molecule has 0 bridgehead atoms. The van der Waals surface area contributed by atoms with E-state index < -0.39 is 0 Å². The van der Waals surface area contributed by atoms with Gasteiger partial charge in [0.1, 0.15) is 0 Å². The number of carbonyl (C=O) groups excluding carboxylic acids is 1. The van der Waals surface area contributed by atoms with E-state index in [4.69, 9.17) is 0 Å². The van der Waals surface area contributed by atoms with Crippen LogP contribution in [0.1, 0.15) is 21.7 Å². The van der Waals surface area contributed by atoms with E-state index in [-0.39, 0.29) is 5.91 Å². The van der Waals surface area contributed by atoms with Gasteiger partial charge in [0, 0.05) is 18.9 Å². The van der Waals surface area contributed by atoms with Crippen molar-refractivity contribution in [3.63, 3.8) is 0 Å². The molecular weight excluding hydrogens is 216 g/mol. The van der Waals surface area contributed by atoms with Gasteiger partial charge in [-0.15, -0.1) is 0 Å². The molecule has 88 valence electrons. The third-order valence-electron chi connectivity index (χ3n) is 2.64. The molecule has 17 heavy (non-hydrogen) atoms. The van der Waals surface area contributed by atoms with E-state index in [1.807, 2.05) is 32.2 Å². The fourth-order valence-corrected chi connectivity index (χ4v) is 1.49. The molecule has 1 amide bonds. The summed E-state index contributed by atoms with van der Waals surface area (Å²) in [5, 5.41) is 6.85. The van der Waals surface area contributed by atoms with E-state index in [2.05, 4.69) is 15.4 Å². The lowest BCUT2D eigenvalue weighted by atomic mass is 10.2. The SMILES string of the molecule is Cc1c(C(=O)NCc2ccccn2)cnn1C. The van der Waals surface area contributed by atoms with Crippen molar-refractivity contribution in [2.24, 2.45) is 7.05 Å². The highest BCUT2D eigenvalue weighted by Crippen LogP contribution is 2.05. The maximum atomic E-state index is 11.9. The minimum atomic E-state index is -0.124. The summed E-state index contributed by atoms with van der Waals surface area (Å²) in [5.41, 5.74) is 2.29. The molecule has 5 nitrogen and oxygen atoms in total. The molecule has 2 aromatic heterocycles. The zero-order valence-electron chi connectivity index (χ0n) is 9.84. The van der Waals surface area contributed by atoms with Crippen molar-refractivity contribution >= 4 is 5.91 Å². The Morgan fingerprint density at radius 2 is 2.29 bits per heavy atom. The summed E-state index contributed by atoms with van der Waals surface area (Å²) in [7, 11) is 1.81. The molecule has 2 heterocycles. The number of aromatic nitrogens is 3. The number of aryl methyl sites for hydroxylation is 1. The van der Waals surface area contributed by atoms with Crippen molar-refractivity contribution in [3.05, 3.63) is 47.5 Å². The second kappa shape index (κ2) is 4.78. The Balaban J connectivity index is 2.01. The van der Waals surface area contributed by atoms with Gasteiger partial charge in [-0.1, -0.05) is 6.07 Å². The summed E-state index contributed by atoms with van der Waals surface area (Å²) in [5.74, 6) is -0.124. The predicted molar refractivity (Wildman–Crippen MR) is 63.4 cm³/mol. The van der Waals surface area contributed by atoms with Gasteiger partial charge in [-0.2, -0.15) is 5.10 Å². The van der Waals surface area contributed by atoms with Crippen LogP contribution >= 0.6 is 0 Å². The van der Waals surface area contributed by atoms with Gasteiger partial charge >= 0.3 is 0 Å². The van der Waals surface area contributed by atoms with Gasteiger partial charge in [-0.05, 0) is 19.1 Å². The highest BCUT2D eigenvalue weighted by atomic mass is 16.1. The van der Waals surface area contributed by atoms with Crippen molar-refractivity contribution in [1.29, 1.82) is 0 Å². The summed E-state index contributed by atoms with van der Waals surface area (Å²) < 4.78 is 1.68. The van der Waals surface area contributed by atoms with Crippen LogP contribution in [-0.4, -0.2) is 20.7 Å². The standard InChI is InChI=1S/C12H14N4O/c1-9-11(8-15-16(9)2)12(17)14-7-10-5-3-4-6-13-10/h3-6,8H,7H2,1-2H3,(H,14,17). The molecule has 0 unspecified atom stereocenters. The Hall–Kier alpha value is -2.17. The first-order chi connectivity index (χ1) is 8.18. The van der Waals surface area contributed by atoms with Crippen LogP contribution in [0.4, 0.5) is 0 Å². The normalized spacial score (nSPS) is 10.2. The van der Waals surface area contributed by atoms with Gasteiger partial charge in [-0.3, -0.25) is 14.5 Å². The van der Waals surface area contributed by atoms with Gasteiger partial charge < -0.3 is 5.32 Å². The molecule has 0 radical (unpaired) electrons. The summed E-state index contributed by atoms with van der Waals surface area (Å²) in [6.07, 6.45) is 3.28. The molecule has 0 saturated carbocycles. The molecule has 0 atom stereocenters. The van der Waals surface area contributed by atoms with Crippen LogP contribution in [-0.2, 0) is 13.6 Å². The van der Waals surface area contributed by atoms with E-state index in [1.165, 1.54) is 0 Å². The molecule has 0 aromatic carbocycles. The van der Waals surface area contributed by atoms with E-state index in [1.54, 1.807) is 17.1 Å². The lowest BCUT2D eigenvalue weighted by molar-refractivity contribution is 0.0949. The minimum absolute atomic E-state index is 0.124. The van der Waals surface area contributed by atoms with Crippen LogP contribution in [0.2, 0.25) is 0 Å². The second-order valence-corrected chi connectivity index (χ2v) is 3.77. The molecule has 2 aromatic rings. The number of hydrogen-bond acceptors (Lipinski definition) is 3. The number of carbonyl (C=O) groups is 1. The van der Waals surface area contributed by atoms with Crippen molar-refractivity contribution < 1.29 is 4.79 Å². The van der Waals surface area contributed by atoms with Crippen LogP contribution < -0.4 is 5.32 Å². The quantitative estimate of drug-likeness (QED) is 0.857. The molecule has 0 aliphatic rings. The summed E-state index contributed by atoms with van der Waals surface area (Å²) in [6, 6.07) is 5.61. The second-order valence-electron chi connectivity index (χ2n) is 3.77. The Morgan fingerprint density at radius 3 is 2.88 bits per heavy atom. The molecule has 0 saturated heterocycles. The van der Waals surface area contributed by atoms with Gasteiger partial charge in [-0.25, -0.2) is 0 Å². The summed E-state index contributed by atoms with van der Waals surface area (Å²) in [6.45, 7) is 2.29. The van der Waals surface area contributed by atoms with Gasteiger partial charge in [0.25, 0.3) is 5.91 Å². The largest absolute Gasteiger partial charge is 0.346 e.